The van der Waals surface area contributed by atoms with E-state index in [9.17, 15) is 14.7 Å². The van der Waals surface area contributed by atoms with Gasteiger partial charge in [-0.1, -0.05) is 48.5 Å². The lowest BCUT2D eigenvalue weighted by Gasteiger charge is -2.48. The largest absolute Gasteiger partial charge is 0.499 e. The molecule has 3 aliphatic heterocycles. The Bertz CT molecular complexity index is 1360. The quantitative estimate of drug-likeness (QED) is 0.223. The van der Waals surface area contributed by atoms with Gasteiger partial charge in [-0.2, -0.15) is 5.06 Å². The van der Waals surface area contributed by atoms with Gasteiger partial charge in [-0.15, -0.1) is 0 Å². The highest BCUT2D eigenvalue weighted by molar-refractivity contribution is 5.93. The third-order valence-electron chi connectivity index (χ3n) is 8.99. The molecule has 0 aromatic heterocycles. The lowest BCUT2D eigenvalue weighted by Crippen LogP contribution is -2.69. The summed E-state index contributed by atoms with van der Waals surface area (Å²) in [7, 11) is 0. The lowest BCUT2D eigenvalue weighted by molar-refractivity contribution is -0.217. The van der Waals surface area contributed by atoms with E-state index in [1.807, 2.05) is 36.4 Å². The van der Waals surface area contributed by atoms with Gasteiger partial charge in [-0.25, -0.2) is 0 Å². The number of rotatable bonds is 9. The third kappa shape index (κ3) is 4.43. The molecular formula is C31H34N2O9. The minimum absolute atomic E-state index is 0.0570. The molecule has 1 saturated carbocycles. The maximum atomic E-state index is 13.9. The number of esters is 1. The maximum absolute atomic E-state index is 13.9. The minimum Gasteiger partial charge on any atom is -0.499 e. The Hall–Kier alpha value is -3.32. The molecule has 0 unspecified atom stereocenters. The number of ether oxygens (including phenoxy) is 4. The van der Waals surface area contributed by atoms with E-state index in [1.54, 1.807) is 11.1 Å². The third-order valence-corrected chi connectivity index (χ3v) is 8.99. The van der Waals surface area contributed by atoms with E-state index in [-0.39, 0.29) is 45.2 Å². The molecule has 42 heavy (non-hydrogen) atoms. The first-order valence-electron chi connectivity index (χ1n) is 14.4. The topological polar surface area (TPSA) is 136 Å². The van der Waals surface area contributed by atoms with Crippen molar-refractivity contribution in [1.29, 1.82) is 0 Å². The van der Waals surface area contributed by atoms with Crippen LogP contribution in [0.5, 0.6) is 0 Å². The molecule has 222 valence electrons. The van der Waals surface area contributed by atoms with E-state index in [0.29, 0.717) is 12.8 Å². The Balaban J connectivity index is 1.18. The molecule has 1 spiro atoms. The number of nitrogens with zero attached hydrogens (tertiary/aromatic N) is 1. The van der Waals surface area contributed by atoms with E-state index >= 15 is 0 Å². The summed E-state index contributed by atoms with van der Waals surface area (Å²) in [6, 6.07) is 14.7. The van der Waals surface area contributed by atoms with E-state index in [1.165, 1.54) is 6.26 Å². The van der Waals surface area contributed by atoms with Crippen molar-refractivity contribution in [3.63, 3.8) is 0 Å². The van der Waals surface area contributed by atoms with Gasteiger partial charge in [-0.3, -0.25) is 14.4 Å². The highest BCUT2D eigenvalue weighted by Crippen LogP contribution is 2.58. The summed E-state index contributed by atoms with van der Waals surface area (Å²) in [5, 5.41) is 22.7. The van der Waals surface area contributed by atoms with Crippen LogP contribution in [-0.2, 0) is 52.8 Å². The summed E-state index contributed by atoms with van der Waals surface area (Å²) in [6.07, 6.45) is 2.00. The fraction of sp³-hybridized carbons (Fsp3) is 0.484. The number of amides is 1. The standard InChI is InChI=1S/C31H34N2O9/c34-11-10-32-29(37)31-17-23-24-25(41-30(40-24)15-21-3-1-2-4-22(21)16-30)27(31)42-33(26(31)28(36)39-23)18-20-7-5-19(6-8-20)9-13-38-14-12-35/h1-9,13,23-27,34-35H,10-12,14-18H2,(H,32,37)/t23-,24+,25+,26+,27-,31+/m1/s1. The van der Waals surface area contributed by atoms with Crippen molar-refractivity contribution in [3.05, 3.63) is 77.0 Å². The lowest BCUT2D eigenvalue weighted by atomic mass is 9.62. The smallest absolute Gasteiger partial charge is 0.327 e. The molecule has 3 N–H and O–H groups in total. The predicted molar refractivity (Wildman–Crippen MR) is 146 cm³/mol. The van der Waals surface area contributed by atoms with Crippen molar-refractivity contribution in [2.75, 3.05) is 26.4 Å². The molecule has 4 fully saturated rings. The Morgan fingerprint density at radius 3 is 2.50 bits per heavy atom. The van der Waals surface area contributed by atoms with E-state index < -0.39 is 47.6 Å². The van der Waals surface area contributed by atoms with E-state index in [2.05, 4.69) is 17.4 Å². The van der Waals surface area contributed by atoms with Gasteiger partial charge < -0.3 is 34.5 Å². The van der Waals surface area contributed by atoms with Crippen LogP contribution in [0, 0.1) is 5.41 Å². The number of hydroxylamine groups is 2. The summed E-state index contributed by atoms with van der Waals surface area (Å²) in [6.45, 7) is 0.224. The van der Waals surface area contributed by atoms with E-state index in [0.717, 1.165) is 22.3 Å². The van der Waals surface area contributed by atoms with Gasteiger partial charge in [0, 0.05) is 25.8 Å². The highest BCUT2D eigenvalue weighted by atomic mass is 16.8. The summed E-state index contributed by atoms with van der Waals surface area (Å²) in [5.41, 5.74) is 2.79. The Morgan fingerprint density at radius 1 is 1.05 bits per heavy atom. The summed E-state index contributed by atoms with van der Waals surface area (Å²) < 4.78 is 24.5. The molecule has 2 aliphatic carbocycles. The zero-order valence-corrected chi connectivity index (χ0v) is 23.0. The molecule has 1 amide bonds. The predicted octanol–water partition coefficient (Wildman–Crippen LogP) is 0.854. The molecule has 2 aromatic rings. The van der Waals surface area contributed by atoms with Gasteiger partial charge in [0.2, 0.25) is 5.91 Å². The molecule has 3 heterocycles. The number of carbonyl (C=O) groups excluding carboxylic acids is 2. The number of aliphatic hydroxyl groups excluding tert-OH is 2. The number of hydrogen-bond acceptors (Lipinski definition) is 10. The molecule has 11 nitrogen and oxygen atoms in total. The molecule has 2 bridgehead atoms. The zero-order valence-electron chi connectivity index (χ0n) is 23.0. The Morgan fingerprint density at radius 2 is 1.79 bits per heavy atom. The minimum atomic E-state index is -1.27. The normalized spacial score (nSPS) is 32.1. The fourth-order valence-electron chi connectivity index (χ4n) is 7.26. The molecule has 7 rings (SSSR count). The van der Waals surface area contributed by atoms with Crippen LogP contribution in [0.1, 0.15) is 28.7 Å². The van der Waals surface area contributed by atoms with Crippen LogP contribution in [0.3, 0.4) is 0 Å². The highest BCUT2D eigenvalue weighted by Gasteiger charge is 2.76. The number of hydrogen-bond donors (Lipinski definition) is 3. The summed E-state index contributed by atoms with van der Waals surface area (Å²) in [5.74, 6) is -1.81. The second-order valence-electron chi connectivity index (χ2n) is 11.5. The van der Waals surface area contributed by atoms with Crippen molar-refractivity contribution in [2.24, 2.45) is 5.41 Å². The SMILES string of the molecule is O=C1O[C@@H]2C[C@@]3(C(=O)NCCO)[C@H](ON(Cc4ccc(C=COCCO)cc4)[C@@H]13)[C@H]1OC3(Cc4ccccc4C3)O[C@H]12. The molecule has 3 saturated heterocycles. The first kappa shape index (κ1) is 27.5. The van der Waals surface area contributed by atoms with Crippen molar-refractivity contribution in [2.45, 2.75) is 62.1 Å². The average molecular weight is 579 g/mol. The number of nitrogens with one attached hydrogen (secondary N) is 1. The number of fused-ring (bicyclic) bond motifs is 5. The Kier molecular flexibility index (Phi) is 7.04. The first-order chi connectivity index (χ1) is 20.5. The van der Waals surface area contributed by atoms with Crippen LogP contribution in [0.25, 0.3) is 6.08 Å². The van der Waals surface area contributed by atoms with Crippen molar-refractivity contribution >= 4 is 18.0 Å². The molecule has 11 heteroatoms. The first-order valence-corrected chi connectivity index (χ1v) is 14.4. The van der Waals surface area contributed by atoms with Crippen molar-refractivity contribution < 1.29 is 43.6 Å². The zero-order chi connectivity index (χ0) is 28.9. The van der Waals surface area contributed by atoms with Gasteiger partial charge in [0.05, 0.1) is 26.0 Å². The van der Waals surface area contributed by atoms with Crippen molar-refractivity contribution in [3.8, 4) is 0 Å². The van der Waals surface area contributed by atoms with Gasteiger partial charge in [0.25, 0.3) is 0 Å². The van der Waals surface area contributed by atoms with Crippen LogP contribution in [0.4, 0.5) is 0 Å². The fourth-order valence-corrected chi connectivity index (χ4v) is 7.26. The average Bonchev–Trinajstić information content (AvgIpc) is 3.66. The van der Waals surface area contributed by atoms with Crippen LogP contribution < -0.4 is 5.32 Å². The van der Waals surface area contributed by atoms with E-state index in [4.69, 9.17) is 28.9 Å². The van der Waals surface area contributed by atoms with Gasteiger partial charge in [0.1, 0.15) is 36.4 Å². The number of aliphatic hydroxyl groups is 2. The molecule has 2 aromatic carbocycles. The number of benzene rings is 2. The number of carbonyl (C=O) groups is 2. The Labute approximate surface area is 242 Å². The van der Waals surface area contributed by atoms with Crippen LogP contribution in [0.15, 0.2) is 54.8 Å². The monoisotopic (exact) mass is 578 g/mol. The van der Waals surface area contributed by atoms with Gasteiger partial charge in [0.15, 0.2) is 11.8 Å². The maximum Gasteiger partial charge on any atom is 0.327 e. The molecule has 6 atom stereocenters. The molecule has 0 radical (unpaired) electrons. The van der Waals surface area contributed by atoms with Gasteiger partial charge in [-0.05, 0) is 28.3 Å². The summed E-state index contributed by atoms with van der Waals surface area (Å²) in [4.78, 5) is 34.1. The summed E-state index contributed by atoms with van der Waals surface area (Å²) >= 11 is 0. The van der Waals surface area contributed by atoms with Crippen molar-refractivity contribution in [1.82, 2.24) is 10.4 Å². The second kappa shape index (κ2) is 10.7. The second-order valence-corrected chi connectivity index (χ2v) is 11.5. The van der Waals surface area contributed by atoms with Crippen LogP contribution >= 0.6 is 0 Å². The van der Waals surface area contributed by atoms with Gasteiger partial charge >= 0.3 is 5.97 Å². The molecule has 5 aliphatic rings. The van der Waals surface area contributed by atoms with Crippen LogP contribution in [-0.4, -0.2) is 89.8 Å². The molecular weight excluding hydrogens is 544 g/mol. The van der Waals surface area contributed by atoms with Crippen LogP contribution in [0.2, 0.25) is 0 Å².